The first-order chi connectivity index (χ1) is 12.8. The number of amides is 1. The first kappa shape index (κ1) is 19.2. The minimum absolute atomic E-state index is 0.211. The molecule has 27 heavy (non-hydrogen) atoms. The fourth-order valence-corrected chi connectivity index (χ4v) is 3.41. The molecule has 0 unspecified atom stereocenters. The molecular weight excluding hydrogens is 340 g/mol. The smallest absolute Gasteiger partial charge is 0.410 e. The summed E-state index contributed by atoms with van der Waals surface area (Å²) in [5, 5.41) is 0. The van der Waals surface area contributed by atoms with E-state index in [1.54, 1.807) is 18.1 Å². The van der Waals surface area contributed by atoms with Gasteiger partial charge in [-0.3, -0.25) is 4.98 Å². The largest absolute Gasteiger partial charge is 0.493 e. The van der Waals surface area contributed by atoms with E-state index in [9.17, 15) is 4.79 Å². The maximum Gasteiger partial charge on any atom is 0.410 e. The Morgan fingerprint density at radius 1 is 1.26 bits per heavy atom. The molecule has 1 amide bonds. The van der Waals surface area contributed by atoms with E-state index >= 15 is 0 Å². The quantitative estimate of drug-likeness (QED) is 0.782. The maximum atomic E-state index is 12.3. The number of hydrogen-bond acceptors (Lipinski definition) is 4. The van der Waals surface area contributed by atoms with Crippen LogP contribution in [0.3, 0.4) is 0 Å². The van der Waals surface area contributed by atoms with E-state index in [4.69, 9.17) is 9.47 Å². The van der Waals surface area contributed by atoms with E-state index in [1.807, 2.05) is 33.8 Å². The Morgan fingerprint density at radius 3 is 2.70 bits per heavy atom. The van der Waals surface area contributed by atoms with Crippen LogP contribution in [0.2, 0.25) is 0 Å². The lowest BCUT2D eigenvalue weighted by Gasteiger charge is -2.32. The third-order valence-corrected chi connectivity index (χ3v) is 4.69. The molecule has 0 saturated heterocycles. The van der Waals surface area contributed by atoms with Crippen molar-refractivity contribution in [2.45, 2.75) is 45.6 Å². The second-order valence-electron chi connectivity index (χ2n) is 8.06. The van der Waals surface area contributed by atoms with Gasteiger partial charge in [-0.2, -0.15) is 0 Å². The van der Waals surface area contributed by atoms with Gasteiger partial charge in [0.15, 0.2) is 0 Å². The van der Waals surface area contributed by atoms with Gasteiger partial charge in [-0.15, -0.1) is 0 Å². The van der Waals surface area contributed by atoms with Gasteiger partial charge in [0, 0.05) is 42.5 Å². The molecule has 0 N–H and O–H groups in total. The van der Waals surface area contributed by atoms with Crippen LogP contribution in [0.15, 0.2) is 36.5 Å². The second-order valence-corrected chi connectivity index (χ2v) is 8.06. The third-order valence-electron chi connectivity index (χ3n) is 4.69. The summed E-state index contributed by atoms with van der Waals surface area (Å²) in [5.74, 6) is 1.12. The fourth-order valence-electron chi connectivity index (χ4n) is 3.41. The summed E-state index contributed by atoms with van der Waals surface area (Å²) in [6.07, 6.45) is 2.37. The number of rotatable bonds is 3. The van der Waals surface area contributed by atoms with Crippen molar-refractivity contribution in [3.63, 3.8) is 0 Å². The molecule has 2 heterocycles. The van der Waals surface area contributed by atoms with Gasteiger partial charge in [-0.25, -0.2) is 4.79 Å². The molecule has 0 saturated carbocycles. The van der Waals surface area contributed by atoms with Crippen LogP contribution in [-0.4, -0.2) is 41.8 Å². The SMILES string of the molecule is Cc1ncccc1-c1cccc2c1OCC[C@H]2CN(C)C(=O)OC(C)(C)C. The fraction of sp³-hybridized carbons (Fsp3) is 0.455. The van der Waals surface area contributed by atoms with Crippen LogP contribution in [0, 0.1) is 6.92 Å². The number of nitrogens with zero attached hydrogens (tertiary/aromatic N) is 2. The van der Waals surface area contributed by atoms with Crippen LogP contribution < -0.4 is 4.74 Å². The Labute approximate surface area is 161 Å². The van der Waals surface area contributed by atoms with Crippen LogP contribution in [0.4, 0.5) is 4.79 Å². The number of aromatic nitrogens is 1. The van der Waals surface area contributed by atoms with Crippen LogP contribution in [0.5, 0.6) is 5.75 Å². The zero-order valence-electron chi connectivity index (χ0n) is 16.8. The Kier molecular flexibility index (Phi) is 5.40. The number of ether oxygens (including phenoxy) is 2. The molecule has 5 heteroatoms. The van der Waals surface area contributed by atoms with Crippen molar-refractivity contribution in [1.82, 2.24) is 9.88 Å². The van der Waals surface area contributed by atoms with Crippen molar-refractivity contribution >= 4 is 6.09 Å². The zero-order valence-corrected chi connectivity index (χ0v) is 16.8. The summed E-state index contributed by atoms with van der Waals surface area (Å²) >= 11 is 0. The number of carbonyl (C=O) groups is 1. The monoisotopic (exact) mass is 368 g/mol. The van der Waals surface area contributed by atoms with Gasteiger partial charge in [0.05, 0.1) is 6.61 Å². The number of fused-ring (bicyclic) bond motifs is 1. The van der Waals surface area contributed by atoms with Gasteiger partial charge in [0.2, 0.25) is 0 Å². The first-order valence-corrected chi connectivity index (χ1v) is 9.38. The van der Waals surface area contributed by atoms with Crippen LogP contribution in [0.25, 0.3) is 11.1 Å². The Bertz CT molecular complexity index is 827. The number of benzene rings is 1. The summed E-state index contributed by atoms with van der Waals surface area (Å²) in [5.41, 5.74) is 3.75. The summed E-state index contributed by atoms with van der Waals surface area (Å²) in [7, 11) is 1.79. The topological polar surface area (TPSA) is 51.7 Å². The lowest BCUT2D eigenvalue weighted by Crippen LogP contribution is -2.37. The summed E-state index contributed by atoms with van der Waals surface area (Å²) in [6.45, 7) is 8.88. The van der Waals surface area contributed by atoms with Gasteiger partial charge in [-0.05, 0) is 45.7 Å². The molecule has 1 aliphatic rings. The van der Waals surface area contributed by atoms with E-state index in [0.717, 1.165) is 34.6 Å². The summed E-state index contributed by atoms with van der Waals surface area (Å²) in [6, 6.07) is 10.2. The molecule has 144 valence electrons. The van der Waals surface area contributed by atoms with E-state index in [-0.39, 0.29) is 12.0 Å². The highest BCUT2D eigenvalue weighted by Crippen LogP contribution is 2.41. The molecule has 3 rings (SSSR count). The van der Waals surface area contributed by atoms with Gasteiger partial charge >= 0.3 is 6.09 Å². The van der Waals surface area contributed by atoms with E-state index in [1.165, 1.54) is 0 Å². The zero-order chi connectivity index (χ0) is 19.6. The van der Waals surface area contributed by atoms with Gasteiger partial charge in [0.1, 0.15) is 11.4 Å². The highest BCUT2D eigenvalue weighted by Gasteiger charge is 2.28. The van der Waals surface area contributed by atoms with Crippen molar-refractivity contribution in [2.75, 3.05) is 20.2 Å². The van der Waals surface area contributed by atoms with Crippen molar-refractivity contribution < 1.29 is 14.3 Å². The van der Waals surface area contributed by atoms with Gasteiger partial charge in [0.25, 0.3) is 0 Å². The molecule has 1 aromatic heterocycles. The minimum atomic E-state index is -0.496. The van der Waals surface area contributed by atoms with E-state index in [0.29, 0.717) is 13.2 Å². The van der Waals surface area contributed by atoms with E-state index < -0.39 is 5.60 Å². The standard InChI is InChI=1S/C22H28N2O3/c1-15-17(10-7-12-23-15)19-9-6-8-18-16(11-13-26-20(18)19)14-24(5)21(25)27-22(2,3)4/h6-10,12,16H,11,13-14H2,1-5H3/t16-/m0/s1. The average Bonchev–Trinajstić information content (AvgIpc) is 2.60. The number of carbonyl (C=O) groups excluding carboxylic acids is 1. The second kappa shape index (κ2) is 7.59. The van der Waals surface area contributed by atoms with E-state index in [2.05, 4.69) is 29.2 Å². The highest BCUT2D eigenvalue weighted by molar-refractivity contribution is 5.74. The van der Waals surface area contributed by atoms with Crippen molar-refractivity contribution in [2.24, 2.45) is 0 Å². The first-order valence-electron chi connectivity index (χ1n) is 9.38. The molecule has 0 bridgehead atoms. The summed E-state index contributed by atoms with van der Waals surface area (Å²) < 4.78 is 11.5. The number of hydrogen-bond donors (Lipinski definition) is 0. The normalized spacial score (nSPS) is 16.3. The number of para-hydroxylation sites is 1. The molecule has 5 nitrogen and oxygen atoms in total. The molecule has 0 fully saturated rings. The molecule has 1 aromatic carbocycles. The molecule has 1 aliphatic heterocycles. The van der Waals surface area contributed by atoms with Crippen molar-refractivity contribution in [3.8, 4) is 16.9 Å². The lowest BCUT2D eigenvalue weighted by molar-refractivity contribution is 0.0281. The van der Waals surface area contributed by atoms with Gasteiger partial charge < -0.3 is 14.4 Å². The van der Waals surface area contributed by atoms with Crippen molar-refractivity contribution in [3.05, 3.63) is 47.8 Å². The molecular formula is C22H28N2O3. The Balaban J connectivity index is 1.86. The van der Waals surface area contributed by atoms with Crippen molar-refractivity contribution in [1.29, 1.82) is 0 Å². The molecule has 2 aromatic rings. The van der Waals surface area contributed by atoms with Crippen LogP contribution in [0.1, 0.15) is 44.4 Å². The molecule has 0 radical (unpaired) electrons. The molecule has 1 atom stereocenters. The maximum absolute atomic E-state index is 12.3. The average molecular weight is 368 g/mol. The van der Waals surface area contributed by atoms with Crippen LogP contribution >= 0.6 is 0 Å². The Hall–Kier alpha value is -2.56. The molecule has 0 spiro atoms. The number of pyridine rings is 1. The Morgan fingerprint density at radius 2 is 2.00 bits per heavy atom. The number of likely N-dealkylation sites (N-methyl/N-ethyl adjacent to an activating group) is 1. The number of aryl methyl sites for hydroxylation is 1. The minimum Gasteiger partial charge on any atom is -0.493 e. The molecule has 0 aliphatic carbocycles. The highest BCUT2D eigenvalue weighted by atomic mass is 16.6. The third kappa shape index (κ3) is 4.41. The lowest BCUT2D eigenvalue weighted by atomic mass is 9.89. The van der Waals surface area contributed by atoms with Gasteiger partial charge in [-0.1, -0.05) is 24.3 Å². The summed E-state index contributed by atoms with van der Waals surface area (Å²) in [4.78, 5) is 18.4. The predicted octanol–water partition coefficient (Wildman–Crippen LogP) is 4.79. The van der Waals surface area contributed by atoms with Crippen LogP contribution in [-0.2, 0) is 4.74 Å². The predicted molar refractivity (Wildman–Crippen MR) is 106 cm³/mol.